The van der Waals surface area contributed by atoms with Crippen molar-refractivity contribution in [3.8, 4) is 0 Å². The molecule has 1 unspecified atom stereocenters. The van der Waals surface area contributed by atoms with Crippen LogP contribution < -0.4 is 27.4 Å². The third-order valence-corrected chi connectivity index (χ3v) is 3.21. The SMILES string of the molecule is NCC(=O)NC(CCCNC(N)=O)C(=O)Nc1ccc(CO)cc1. The van der Waals surface area contributed by atoms with Crippen LogP contribution in [0.4, 0.5) is 10.5 Å². The van der Waals surface area contributed by atoms with E-state index in [-0.39, 0.29) is 13.2 Å². The van der Waals surface area contributed by atoms with Crippen LogP contribution in [0.2, 0.25) is 0 Å². The van der Waals surface area contributed by atoms with Crippen LogP contribution in [0.1, 0.15) is 18.4 Å². The number of nitrogens with one attached hydrogen (secondary N) is 3. The van der Waals surface area contributed by atoms with Crippen molar-refractivity contribution in [3.63, 3.8) is 0 Å². The molecule has 0 fully saturated rings. The van der Waals surface area contributed by atoms with E-state index in [1.165, 1.54) is 0 Å². The summed E-state index contributed by atoms with van der Waals surface area (Å²) in [5.74, 6) is -0.846. The Kier molecular flexibility index (Phi) is 8.23. The van der Waals surface area contributed by atoms with Gasteiger partial charge >= 0.3 is 6.03 Å². The quantitative estimate of drug-likeness (QED) is 0.319. The zero-order valence-electron chi connectivity index (χ0n) is 13.2. The number of anilines is 1. The molecule has 1 atom stereocenters. The summed E-state index contributed by atoms with van der Waals surface area (Å²) in [6.45, 7) is -0.0202. The fourth-order valence-electron chi connectivity index (χ4n) is 1.96. The Labute approximate surface area is 139 Å². The number of nitrogens with two attached hydrogens (primary N) is 2. The number of hydrogen-bond donors (Lipinski definition) is 6. The maximum atomic E-state index is 12.3. The first-order valence-electron chi connectivity index (χ1n) is 7.49. The van der Waals surface area contributed by atoms with E-state index < -0.39 is 23.9 Å². The molecule has 0 bridgehead atoms. The summed E-state index contributed by atoms with van der Waals surface area (Å²) >= 11 is 0. The van der Waals surface area contributed by atoms with Crippen molar-refractivity contribution in [3.05, 3.63) is 29.8 Å². The summed E-state index contributed by atoms with van der Waals surface area (Å²) < 4.78 is 0. The van der Waals surface area contributed by atoms with Gasteiger partial charge in [0.05, 0.1) is 13.2 Å². The number of aliphatic hydroxyl groups excluding tert-OH is 1. The lowest BCUT2D eigenvalue weighted by molar-refractivity contribution is -0.125. The monoisotopic (exact) mass is 337 g/mol. The van der Waals surface area contributed by atoms with Crippen LogP contribution >= 0.6 is 0 Å². The van der Waals surface area contributed by atoms with Gasteiger partial charge in [-0.3, -0.25) is 9.59 Å². The minimum atomic E-state index is -0.784. The van der Waals surface area contributed by atoms with E-state index >= 15 is 0 Å². The maximum Gasteiger partial charge on any atom is 0.312 e. The maximum absolute atomic E-state index is 12.3. The van der Waals surface area contributed by atoms with Crippen molar-refractivity contribution in [2.24, 2.45) is 11.5 Å². The number of amides is 4. The number of primary amides is 1. The fraction of sp³-hybridized carbons (Fsp3) is 0.400. The second kappa shape index (κ2) is 10.2. The van der Waals surface area contributed by atoms with E-state index in [0.717, 1.165) is 5.56 Å². The van der Waals surface area contributed by atoms with Gasteiger partial charge in [-0.2, -0.15) is 0 Å². The molecule has 0 aromatic heterocycles. The van der Waals surface area contributed by atoms with Gasteiger partial charge in [-0.05, 0) is 30.5 Å². The third kappa shape index (κ3) is 7.07. The Balaban J connectivity index is 2.63. The van der Waals surface area contributed by atoms with Crippen LogP contribution in [-0.2, 0) is 16.2 Å². The van der Waals surface area contributed by atoms with Gasteiger partial charge in [0, 0.05) is 12.2 Å². The molecule has 0 spiro atoms. The average Bonchev–Trinajstić information content (AvgIpc) is 2.57. The van der Waals surface area contributed by atoms with Gasteiger partial charge in [-0.15, -0.1) is 0 Å². The van der Waals surface area contributed by atoms with Gasteiger partial charge in [0.25, 0.3) is 0 Å². The molecule has 1 aromatic rings. The van der Waals surface area contributed by atoms with Crippen LogP contribution in [-0.4, -0.2) is 42.1 Å². The van der Waals surface area contributed by atoms with Crippen molar-refractivity contribution < 1.29 is 19.5 Å². The van der Waals surface area contributed by atoms with Crippen molar-refractivity contribution in [2.45, 2.75) is 25.5 Å². The Morgan fingerprint density at radius 3 is 2.38 bits per heavy atom. The van der Waals surface area contributed by atoms with Gasteiger partial charge in [0.2, 0.25) is 11.8 Å². The van der Waals surface area contributed by atoms with Crippen molar-refractivity contribution in [2.75, 3.05) is 18.4 Å². The first kappa shape index (κ1) is 19.4. The highest BCUT2D eigenvalue weighted by Gasteiger charge is 2.20. The van der Waals surface area contributed by atoms with Crippen molar-refractivity contribution >= 4 is 23.5 Å². The first-order valence-corrected chi connectivity index (χ1v) is 7.49. The van der Waals surface area contributed by atoms with Gasteiger partial charge in [0.1, 0.15) is 6.04 Å². The number of carbonyl (C=O) groups is 3. The van der Waals surface area contributed by atoms with Gasteiger partial charge < -0.3 is 32.5 Å². The average molecular weight is 337 g/mol. The van der Waals surface area contributed by atoms with Crippen LogP contribution in [0.15, 0.2) is 24.3 Å². The second-order valence-corrected chi connectivity index (χ2v) is 5.10. The molecule has 0 aliphatic carbocycles. The summed E-state index contributed by atoms with van der Waals surface area (Å²) in [7, 11) is 0. The Morgan fingerprint density at radius 1 is 1.17 bits per heavy atom. The molecule has 0 saturated carbocycles. The predicted octanol–water partition coefficient (Wildman–Crippen LogP) is -0.991. The van der Waals surface area contributed by atoms with Gasteiger partial charge in [-0.25, -0.2) is 4.79 Å². The second-order valence-electron chi connectivity index (χ2n) is 5.10. The normalized spacial score (nSPS) is 11.4. The van der Waals surface area contributed by atoms with E-state index in [1.54, 1.807) is 24.3 Å². The fourth-order valence-corrected chi connectivity index (χ4v) is 1.96. The summed E-state index contributed by atoms with van der Waals surface area (Å²) in [5.41, 5.74) is 11.5. The van der Waals surface area contributed by atoms with E-state index in [9.17, 15) is 14.4 Å². The largest absolute Gasteiger partial charge is 0.392 e. The smallest absolute Gasteiger partial charge is 0.312 e. The lowest BCUT2D eigenvalue weighted by Gasteiger charge is -2.18. The number of benzene rings is 1. The molecule has 0 aliphatic rings. The van der Waals surface area contributed by atoms with Gasteiger partial charge in [-0.1, -0.05) is 12.1 Å². The van der Waals surface area contributed by atoms with E-state index in [0.29, 0.717) is 25.1 Å². The zero-order chi connectivity index (χ0) is 17.9. The molecule has 24 heavy (non-hydrogen) atoms. The Bertz CT molecular complexity index is 561. The van der Waals surface area contributed by atoms with Crippen LogP contribution in [0.3, 0.4) is 0 Å². The Morgan fingerprint density at radius 2 is 1.83 bits per heavy atom. The Hall–Kier alpha value is -2.65. The topological polar surface area (TPSA) is 160 Å². The molecule has 132 valence electrons. The molecule has 0 radical (unpaired) electrons. The highest BCUT2D eigenvalue weighted by Crippen LogP contribution is 2.11. The van der Waals surface area contributed by atoms with E-state index in [1.807, 2.05) is 0 Å². The van der Waals surface area contributed by atoms with Crippen LogP contribution in [0.25, 0.3) is 0 Å². The summed E-state index contributed by atoms with van der Waals surface area (Å²) in [5, 5.41) is 16.6. The number of urea groups is 1. The third-order valence-electron chi connectivity index (χ3n) is 3.21. The zero-order valence-corrected chi connectivity index (χ0v) is 13.2. The molecule has 0 heterocycles. The lowest BCUT2D eigenvalue weighted by atomic mass is 10.1. The van der Waals surface area contributed by atoms with E-state index in [4.69, 9.17) is 16.6 Å². The molecule has 1 aromatic carbocycles. The molecule has 4 amide bonds. The minimum absolute atomic E-state index is 0.0870. The number of aliphatic hydroxyl groups is 1. The molecule has 9 heteroatoms. The highest BCUT2D eigenvalue weighted by atomic mass is 16.3. The van der Waals surface area contributed by atoms with Crippen molar-refractivity contribution in [1.29, 1.82) is 0 Å². The van der Waals surface area contributed by atoms with Gasteiger partial charge in [0.15, 0.2) is 0 Å². The van der Waals surface area contributed by atoms with Crippen LogP contribution in [0.5, 0.6) is 0 Å². The molecule has 9 nitrogen and oxygen atoms in total. The van der Waals surface area contributed by atoms with Crippen LogP contribution in [0, 0.1) is 0 Å². The molecule has 0 aliphatic heterocycles. The van der Waals surface area contributed by atoms with Crippen molar-refractivity contribution in [1.82, 2.24) is 10.6 Å². The lowest BCUT2D eigenvalue weighted by Crippen LogP contribution is -2.46. The number of carbonyl (C=O) groups excluding carboxylic acids is 3. The first-order chi connectivity index (χ1) is 11.5. The number of rotatable bonds is 9. The summed E-state index contributed by atoms with van der Waals surface area (Å²) in [4.78, 5) is 34.4. The molecule has 0 saturated heterocycles. The minimum Gasteiger partial charge on any atom is -0.392 e. The summed E-state index contributed by atoms with van der Waals surface area (Å²) in [6, 6.07) is 5.23. The molecule has 1 rings (SSSR count). The van der Waals surface area contributed by atoms with E-state index in [2.05, 4.69) is 16.0 Å². The number of hydrogen-bond acceptors (Lipinski definition) is 5. The molecular formula is C15H23N5O4. The predicted molar refractivity (Wildman–Crippen MR) is 88.8 cm³/mol. The molecular weight excluding hydrogens is 314 g/mol. The standard InChI is InChI=1S/C15H23N5O4/c16-8-13(22)20-12(2-1-7-18-15(17)24)14(23)19-11-5-3-10(9-21)4-6-11/h3-6,12,21H,1-2,7-9,16H2,(H,19,23)(H,20,22)(H3,17,18,24). The highest BCUT2D eigenvalue weighted by molar-refractivity contribution is 5.97. The summed E-state index contributed by atoms with van der Waals surface area (Å²) in [6.07, 6.45) is 0.766. The molecule has 8 N–H and O–H groups in total.